The summed E-state index contributed by atoms with van der Waals surface area (Å²) < 4.78 is 4.04. The topological polar surface area (TPSA) is 33.5 Å². The molecular weight excluding hydrogens is 272 g/mol. The average molecular weight is 278 g/mol. The number of rotatable bonds is 1. The van der Waals surface area contributed by atoms with Crippen LogP contribution in [-0.4, -0.2) is 9.97 Å². The molecule has 4 nitrogen and oxygen atoms in total. The van der Waals surface area contributed by atoms with Gasteiger partial charge in [-0.1, -0.05) is 12.1 Å². The normalized spacial score (nSPS) is 10.8. The maximum absolute atomic E-state index is 5.16. The zero-order valence-electron chi connectivity index (χ0n) is 8.48. The summed E-state index contributed by atoms with van der Waals surface area (Å²) in [6, 6.07) is 7.94. The minimum absolute atomic E-state index is 0.686. The van der Waals surface area contributed by atoms with E-state index in [-0.39, 0.29) is 0 Å². The van der Waals surface area contributed by atoms with Crippen LogP contribution in [0.3, 0.4) is 0 Å². The Morgan fingerprint density at radius 3 is 2.47 bits per heavy atom. The molecule has 0 aliphatic rings. The zero-order chi connectivity index (χ0) is 11.8. The van der Waals surface area contributed by atoms with E-state index in [1.54, 1.807) is 24.0 Å². The molecule has 0 aliphatic carbocycles. The van der Waals surface area contributed by atoms with E-state index in [9.17, 15) is 0 Å². The molecule has 0 atom stereocenters. The summed E-state index contributed by atoms with van der Waals surface area (Å²) in [5.74, 6) is 0.686. The Bertz CT molecular complexity index is 642. The van der Waals surface area contributed by atoms with Gasteiger partial charge in [0.15, 0.2) is 0 Å². The minimum atomic E-state index is 0.686. The third-order valence-corrected chi connectivity index (χ3v) is 3.81. The van der Waals surface area contributed by atoms with Gasteiger partial charge >= 0.3 is 18.5 Å². The number of thiazole rings is 1. The molecule has 0 spiro atoms. The van der Waals surface area contributed by atoms with Crippen molar-refractivity contribution in [3.8, 4) is 10.8 Å². The number of para-hydroxylation sites is 1. The molecule has 1 aromatic carbocycles. The molecule has 0 saturated carbocycles. The molecule has 0 unspecified atom stereocenters. The maximum atomic E-state index is 5.16. The minimum Gasteiger partial charge on any atom is -0.506 e. The van der Waals surface area contributed by atoms with Gasteiger partial charge in [-0.15, -0.1) is 11.3 Å². The van der Waals surface area contributed by atoms with Gasteiger partial charge in [0, 0.05) is 0 Å². The van der Waals surface area contributed by atoms with E-state index in [1.165, 1.54) is 7.94 Å². The Kier molecular flexibility index (Phi) is 2.58. The lowest BCUT2D eigenvalue weighted by Crippen LogP contribution is -2.45. The average Bonchev–Trinajstić information content (AvgIpc) is 2.71. The van der Waals surface area contributed by atoms with Crippen molar-refractivity contribution >= 4 is 47.2 Å². The highest BCUT2D eigenvalue weighted by Gasteiger charge is 2.17. The fraction of sp³-hybridized carbons (Fsp3) is 0. The van der Waals surface area contributed by atoms with Crippen LogP contribution in [0.15, 0.2) is 36.9 Å². The second-order valence-corrected chi connectivity index (χ2v) is 5.16. The van der Waals surface area contributed by atoms with E-state index in [2.05, 4.69) is 9.97 Å². The Labute approximate surface area is 113 Å². The number of fused-ring (bicyclic) bond motifs is 1. The molecule has 0 N–H and O–H groups in total. The quantitative estimate of drug-likeness (QED) is 0.481. The molecule has 84 valence electrons. The summed E-state index contributed by atoms with van der Waals surface area (Å²) in [7, 11) is 0. The lowest BCUT2D eigenvalue weighted by Gasteiger charge is -2.06. The summed E-state index contributed by atoms with van der Waals surface area (Å²) in [5.41, 5.74) is 0.953. The molecule has 0 aliphatic heterocycles. The van der Waals surface area contributed by atoms with Crippen LogP contribution in [0.4, 0.5) is 0 Å². The highest BCUT2D eigenvalue weighted by molar-refractivity contribution is 7.51. The SMILES string of the molecule is [S-][n+]1cnc[n+]([S-])c1-c1nc2ccccc2s1. The number of hydrogen-bond acceptors (Lipinski definition) is 5. The predicted molar refractivity (Wildman–Crippen MR) is 68.8 cm³/mol. The van der Waals surface area contributed by atoms with Crippen molar-refractivity contribution in [2.45, 2.75) is 0 Å². The number of benzene rings is 1. The molecule has 0 fully saturated rings. The third-order valence-electron chi connectivity index (χ3n) is 2.25. The Morgan fingerprint density at radius 1 is 1.06 bits per heavy atom. The molecule has 3 rings (SSSR count). The Morgan fingerprint density at radius 2 is 1.76 bits per heavy atom. The highest BCUT2D eigenvalue weighted by Crippen LogP contribution is 2.26. The standard InChI is InChI=1S/C10H6N4S3/c15-13-5-11-6-14(16)10(13)9-12-7-3-1-2-4-8(7)17-9/h1-6H. The molecule has 17 heavy (non-hydrogen) atoms. The van der Waals surface area contributed by atoms with E-state index in [4.69, 9.17) is 25.6 Å². The van der Waals surface area contributed by atoms with Gasteiger partial charge in [-0.25, -0.2) is 4.98 Å². The number of nitrogens with zero attached hydrogens (tertiary/aromatic N) is 4. The molecule has 0 bridgehead atoms. The van der Waals surface area contributed by atoms with Crippen LogP contribution in [0.1, 0.15) is 0 Å². The van der Waals surface area contributed by atoms with Gasteiger partial charge < -0.3 is 25.6 Å². The van der Waals surface area contributed by atoms with Gasteiger partial charge in [-0.2, -0.15) is 0 Å². The molecule has 3 aromatic rings. The number of aromatic nitrogens is 4. The van der Waals surface area contributed by atoms with Crippen molar-refractivity contribution < 1.29 is 7.94 Å². The monoisotopic (exact) mass is 278 g/mol. The van der Waals surface area contributed by atoms with Crippen LogP contribution in [-0.2, 0) is 25.6 Å². The Hall–Kier alpha value is -1.44. The van der Waals surface area contributed by atoms with Crippen LogP contribution in [0, 0.1) is 0 Å². The zero-order valence-corrected chi connectivity index (χ0v) is 10.9. The van der Waals surface area contributed by atoms with E-state index < -0.39 is 0 Å². The fourth-order valence-electron chi connectivity index (χ4n) is 1.51. The molecule has 2 heterocycles. The highest BCUT2D eigenvalue weighted by atomic mass is 32.1. The fourth-order valence-corrected chi connectivity index (χ4v) is 3.14. The van der Waals surface area contributed by atoms with Crippen LogP contribution >= 0.6 is 11.3 Å². The number of hydrogen-bond donors (Lipinski definition) is 0. The van der Waals surface area contributed by atoms with Crippen molar-refractivity contribution in [3.05, 3.63) is 36.9 Å². The van der Waals surface area contributed by atoms with E-state index in [1.807, 2.05) is 24.3 Å². The summed E-state index contributed by atoms with van der Waals surface area (Å²) >= 11 is 11.9. The van der Waals surface area contributed by atoms with Gasteiger partial charge in [0.05, 0.1) is 15.2 Å². The van der Waals surface area contributed by atoms with Crippen molar-refractivity contribution in [2.24, 2.45) is 0 Å². The molecule has 0 amide bonds. The third kappa shape index (κ3) is 1.82. The first-order valence-corrected chi connectivity index (χ1v) is 6.32. The van der Waals surface area contributed by atoms with Crippen LogP contribution < -0.4 is 7.94 Å². The first kappa shape index (κ1) is 10.7. The molecular formula is C10H6N4S3. The Balaban J connectivity index is 2.27. The van der Waals surface area contributed by atoms with Crippen molar-refractivity contribution in [1.82, 2.24) is 9.97 Å². The molecule has 0 saturated heterocycles. The van der Waals surface area contributed by atoms with Crippen molar-refractivity contribution in [3.63, 3.8) is 0 Å². The van der Waals surface area contributed by atoms with Crippen LogP contribution in [0.2, 0.25) is 0 Å². The lowest BCUT2D eigenvalue weighted by atomic mass is 10.3. The summed E-state index contributed by atoms with van der Waals surface area (Å²) in [5, 5.41) is 0.804. The molecule has 0 radical (unpaired) electrons. The van der Waals surface area contributed by atoms with Gasteiger partial charge in [0.1, 0.15) is 0 Å². The first-order chi connectivity index (χ1) is 8.25. The largest absolute Gasteiger partial charge is 0.506 e. The second-order valence-electron chi connectivity index (χ2n) is 3.34. The summed E-state index contributed by atoms with van der Waals surface area (Å²) in [6.07, 6.45) is 3.08. The van der Waals surface area contributed by atoms with E-state index in [0.717, 1.165) is 15.2 Å². The predicted octanol–water partition coefficient (Wildman–Crippen LogP) is 0.553. The maximum Gasteiger partial charge on any atom is 0.347 e. The molecule has 2 aromatic heterocycles. The summed E-state index contributed by atoms with van der Waals surface area (Å²) in [4.78, 5) is 8.44. The van der Waals surface area contributed by atoms with Crippen LogP contribution in [0.25, 0.3) is 21.0 Å². The smallest absolute Gasteiger partial charge is 0.347 e. The van der Waals surface area contributed by atoms with Crippen molar-refractivity contribution in [1.29, 1.82) is 0 Å². The molecule has 7 heteroatoms. The van der Waals surface area contributed by atoms with E-state index in [0.29, 0.717) is 5.82 Å². The first-order valence-electron chi connectivity index (χ1n) is 4.78. The van der Waals surface area contributed by atoms with Crippen LogP contribution in [0.5, 0.6) is 0 Å². The van der Waals surface area contributed by atoms with Gasteiger partial charge in [0.2, 0.25) is 5.01 Å². The van der Waals surface area contributed by atoms with Crippen molar-refractivity contribution in [2.75, 3.05) is 0 Å². The summed E-state index contributed by atoms with van der Waals surface area (Å²) in [6.45, 7) is 0. The lowest BCUT2D eigenvalue weighted by molar-refractivity contribution is -0.625. The van der Waals surface area contributed by atoms with E-state index >= 15 is 0 Å². The van der Waals surface area contributed by atoms with Gasteiger partial charge in [-0.3, -0.25) is 7.94 Å². The van der Waals surface area contributed by atoms with Gasteiger partial charge in [-0.05, 0) is 12.1 Å². The second kappa shape index (κ2) is 4.10. The van der Waals surface area contributed by atoms with Gasteiger partial charge in [0.25, 0.3) is 0 Å².